The van der Waals surface area contributed by atoms with Gasteiger partial charge in [0.25, 0.3) is 5.56 Å². The van der Waals surface area contributed by atoms with Crippen LogP contribution in [0.1, 0.15) is 22.5 Å². The van der Waals surface area contributed by atoms with Gasteiger partial charge in [-0.3, -0.25) is 4.79 Å². The van der Waals surface area contributed by atoms with Crippen LogP contribution in [-0.2, 0) is 6.61 Å². The molecule has 0 amide bonds. The fourth-order valence-electron chi connectivity index (χ4n) is 5.36. The number of rotatable bonds is 7. The zero-order valence-corrected chi connectivity index (χ0v) is 25.7. The molecule has 0 saturated heterocycles. The van der Waals surface area contributed by atoms with Gasteiger partial charge in [-0.2, -0.15) is 9.78 Å². The molecule has 216 valence electrons. The van der Waals surface area contributed by atoms with E-state index in [-0.39, 0.29) is 5.56 Å². The van der Waals surface area contributed by atoms with Gasteiger partial charge in [0.15, 0.2) is 5.76 Å². The molecule has 0 saturated carbocycles. The number of ether oxygens (including phenoxy) is 1. The van der Waals surface area contributed by atoms with Gasteiger partial charge in [-0.15, -0.1) is 0 Å². The van der Waals surface area contributed by atoms with Crippen LogP contribution in [0.25, 0.3) is 39.1 Å². The number of halogens is 1. The van der Waals surface area contributed by atoms with Gasteiger partial charge in [0.1, 0.15) is 17.9 Å². The third-order valence-corrected chi connectivity index (χ3v) is 8.12. The standard InChI is InChI=1S/C36H27BrN4O3/c1-23-19-27(24(2)40(23)29-15-17-30(18-16-29)43-22-25-11-13-28(37)14-12-25)21-38-41-35(34-20-26-7-3-6-10-33(26)44-34)39-32-9-5-4-8-31(32)36(41)42/h3-21H,22H2,1-2H3. The molecular formula is C36H27BrN4O3. The van der Waals surface area contributed by atoms with Crippen LogP contribution in [0.15, 0.2) is 128 Å². The molecule has 8 heteroatoms. The smallest absolute Gasteiger partial charge is 0.282 e. The maximum absolute atomic E-state index is 13.7. The predicted octanol–water partition coefficient (Wildman–Crippen LogP) is 8.44. The van der Waals surface area contributed by atoms with Gasteiger partial charge in [0.05, 0.1) is 17.1 Å². The van der Waals surface area contributed by atoms with Gasteiger partial charge in [-0.1, -0.05) is 58.4 Å². The normalized spacial score (nSPS) is 11.6. The second-order valence-electron chi connectivity index (χ2n) is 10.5. The molecule has 0 unspecified atom stereocenters. The third kappa shape index (κ3) is 5.24. The molecule has 3 aromatic heterocycles. The van der Waals surface area contributed by atoms with Crippen molar-refractivity contribution in [3.8, 4) is 23.0 Å². The van der Waals surface area contributed by atoms with Crippen molar-refractivity contribution in [2.75, 3.05) is 0 Å². The van der Waals surface area contributed by atoms with E-state index in [1.54, 1.807) is 12.3 Å². The van der Waals surface area contributed by atoms with Crippen LogP contribution in [-0.4, -0.2) is 20.4 Å². The number of furan rings is 1. The largest absolute Gasteiger partial charge is 0.489 e. The second-order valence-corrected chi connectivity index (χ2v) is 11.4. The molecular weight excluding hydrogens is 616 g/mol. The Bertz CT molecular complexity index is 2190. The molecule has 7 nitrogen and oxygen atoms in total. The Morgan fingerprint density at radius 2 is 1.66 bits per heavy atom. The summed E-state index contributed by atoms with van der Waals surface area (Å²) < 4.78 is 16.6. The van der Waals surface area contributed by atoms with Crippen LogP contribution < -0.4 is 10.3 Å². The van der Waals surface area contributed by atoms with Crippen LogP contribution in [0.4, 0.5) is 0 Å². The van der Waals surface area contributed by atoms with Crippen molar-refractivity contribution in [3.05, 3.63) is 147 Å². The van der Waals surface area contributed by atoms with E-state index in [1.807, 2.05) is 111 Å². The van der Waals surface area contributed by atoms with Crippen molar-refractivity contribution < 1.29 is 9.15 Å². The lowest BCUT2D eigenvalue weighted by molar-refractivity contribution is 0.306. The highest BCUT2D eigenvalue weighted by Crippen LogP contribution is 2.28. The Morgan fingerprint density at radius 3 is 2.45 bits per heavy atom. The minimum Gasteiger partial charge on any atom is -0.489 e. The van der Waals surface area contributed by atoms with Gasteiger partial charge in [-0.25, -0.2) is 4.98 Å². The van der Waals surface area contributed by atoms with Gasteiger partial charge < -0.3 is 13.7 Å². The molecule has 7 rings (SSSR count). The lowest BCUT2D eigenvalue weighted by Gasteiger charge is -2.12. The first kappa shape index (κ1) is 27.6. The molecule has 0 atom stereocenters. The third-order valence-electron chi connectivity index (χ3n) is 7.60. The van der Waals surface area contributed by atoms with Crippen LogP contribution in [0.3, 0.4) is 0 Å². The summed E-state index contributed by atoms with van der Waals surface area (Å²) in [4.78, 5) is 18.5. The molecule has 44 heavy (non-hydrogen) atoms. The number of nitrogens with zero attached hydrogens (tertiary/aromatic N) is 4. The lowest BCUT2D eigenvalue weighted by Crippen LogP contribution is -2.20. The van der Waals surface area contributed by atoms with E-state index in [1.165, 1.54) is 4.68 Å². The molecule has 7 aromatic rings. The molecule has 0 radical (unpaired) electrons. The maximum Gasteiger partial charge on any atom is 0.282 e. The first-order valence-corrected chi connectivity index (χ1v) is 15.0. The fraction of sp³-hybridized carbons (Fsp3) is 0.0833. The summed E-state index contributed by atoms with van der Waals surface area (Å²) in [6.07, 6.45) is 1.71. The number of hydrogen-bond acceptors (Lipinski definition) is 5. The van der Waals surface area contributed by atoms with E-state index >= 15 is 0 Å². The molecule has 3 heterocycles. The zero-order valence-electron chi connectivity index (χ0n) is 24.1. The first-order chi connectivity index (χ1) is 21.4. The summed E-state index contributed by atoms with van der Waals surface area (Å²) in [6.45, 7) is 4.58. The van der Waals surface area contributed by atoms with E-state index in [2.05, 4.69) is 31.7 Å². The summed E-state index contributed by atoms with van der Waals surface area (Å²) in [5.74, 6) is 1.61. The highest BCUT2D eigenvalue weighted by molar-refractivity contribution is 9.10. The summed E-state index contributed by atoms with van der Waals surface area (Å²) in [6, 6.07) is 35.0. The summed E-state index contributed by atoms with van der Waals surface area (Å²) >= 11 is 3.46. The molecule has 0 bridgehead atoms. The SMILES string of the molecule is Cc1cc(C=Nn2c(-c3cc4ccccc4o3)nc3ccccc3c2=O)c(C)n1-c1ccc(OCc2ccc(Br)cc2)cc1. The van der Waals surface area contributed by atoms with Crippen molar-refractivity contribution in [2.45, 2.75) is 20.5 Å². The number of aromatic nitrogens is 3. The molecule has 0 spiro atoms. The maximum atomic E-state index is 13.7. The van der Waals surface area contributed by atoms with Crippen molar-refractivity contribution in [3.63, 3.8) is 0 Å². The Kier molecular flexibility index (Phi) is 7.20. The van der Waals surface area contributed by atoms with E-state index < -0.39 is 0 Å². The fourth-order valence-corrected chi connectivity index (χ4v) is 5.62. The summed E-state index contributed by atoms with van der Waals surface area (Å²) in [7, 11) is 0. The topological polar surface area (TPSA) is 74.5 Å². The Morgan fingerprint density at radius 1 is 0.909 bits per heavy atom. The Labute approximate surface area is 261 Å². The average molecular weight is 644 g/mol. The average Bonchev–Trinajstić information content (AvgIpc) is 3.60. The van der Waals surface area contributed by atoms with Gasteiger partial charge in [0, 0.05) is 32.5 Å². The predicted molar refractivity (Wildman–Crippen MR) is 178 cm³/mol. The van der Waals surface area contributed by atoms with Crippen LogP contribution in [0.2, 0.25) is 0 Å². The van der Waals surface area contributed by atoms with Crippen LogP contribution >= 0.6 is 15.9 Å². The monoisotopic (exact) mass is 642 g/mol. The van der Waals surface area contributed by atoms with Gasteiger partial charge in [0.2, 0.25) is 5.82 Å². The number of benzene rings is 4. The van der Waals surface area contributed by atoms with Crippen molar-refractivity contribution in [1.82, 2.24) is 14.2 Å². The molecule has 0 aliphatic carbocycles. The highest BCUT2D eigenvalue weighted by atomic mass is 79.9. The number of aryl methyl sites for hydroxylation is 1. The zero-order chi connectivity index (χ0) is 30.2. The Hall–Kier alpha value is -5.21. The van der Waals surface area contributed by atoms with E-state index in [9.17, 15) is 4.79 Å². The highest BCUT2D eigenvalue weighted by Gasteiger charge is 2.17. The summed E-state index contributed by atoms with van der Waals surface area (Å²) in [5.41, 5.74) is 6.04. The first-order valence-electron chi connectivity index (χ1n) is 14.2. The number of fused-ring (bicyclic) bond motifs is 2. The van der Waals surface area contributed by atoms with Crippen molar-refractivity contribution in [2.24, 2.45) is 5.10 Å². The summed E-state index contributed by atoms with van der Waals surface area (Å²) in [5, 5.41) is 6.08. The van der Waals surface area contributed by atoms with Gasteiger partial charge >= 0.3 is 0 Å². The lowest BCUT2D eigenvalue weighted by atomic mass is 10.2. The molecule has 4 aromatic carbocycles. The molecule has 0 aliphatic heterocycles. The minimum absolute atomic E-state index is 0.269. The van der Waals surface area contributed by atoms with Crippen molar-refractivity contribution in [1.29, 1.82) is 0 Å². The molecule has 0 N–H and O–H groups in total. The second kappa shape index (κ2) is 11.5. The van der Waals surface area contributed by atoms with Crippen LogP contribution in [0.5, 0.6) is 5.75 Å². The molecule has 0 aliphatic rings. The van der Waals surface area contributed by atoms with Crippen molar-refractivity contribution >= 4 is 44.0 Å². The van der Waals surface area contributed by atoms with Gasteiger partial charge in [-0.05, 0) is 86.1 Å². The molecule has 0 fully saturated rings. The van der Waals surface area contributed by atoms with E-state index in [0.717, 1.165) is 43.8 Å². The minimum atomic E-state index is -0.269. The van der Waals surface area contributed by atoms with E-state index in [0.29, 0.717) is 34.7 Å². The number of hydrogen-bond donors (Lipinski definition) is 0. The van der Waals surface area contributed by atoms with Crippen LogP contribution in [0, 0.1) is 13.8 Å². The quantitative estimate of drug-likeness (QED) is 0.164. The van der Waals surface area contributed by atoms with E-state index in [4.69, 9.17) is 14.1 Å². The Balaban J connectivity index is 1.21. The number of para-hydroxylation sites is 2.